The second-order valence-electron chi connectivity index (χ2n) is 3.66. The van der Waals surface area contributed by atoms with Crippen molar-refractivity contribution in [2.24, 2.45) is 0 Å². The molecular formula is C10H14FN3. The van der Waals surface area contributed by atoms with E-state index in [2.05, 4.69) is 9.97 Å². The van der Waals surface area contributed by atoms with Crippen molar-refractivity contribution in [3.8, 4) is 0 Å². The summed E-state index contributed by atoms with van der Waals surface area (Å²) in [4.78, 5) is 10.2. The van der Waals surface area contributed by atoms with E-state index in [1.807, 2.05) is 17.9 Å². The SMILES string of the molecule is Cc1cc(N2CCC[C@@H]2CF)ncn1. The molecule has 2 rings (SSSR count). The molecule has 2 heterocycles. The maximum absolute atomic E-state index is 12.6. The van der Waals surface area contributed by atoms with Crippen LogP contribution >= 0.6 is 0 Å². The van der Waals surface area contributed by atoms with E-state index >= 15 is 0 Å². The van der Waals surface area contributed by atoms with E-state index in [1.54, 1.807) is 0 Å². The van der Waals surface area contributed by atoms with Crippen LogP contribution in [0.1, 0.15) is 18.5 Å². The van der Waals surface area contributed by atoms with Gasteiger partial charge in [0.25, 0.3) is 0 Å². The Kier molecular flexibility index (Phi) is 2.61. The summed E-state index contributed by atoms with van der Waals surface area (Å²) in [5.41, 5.74) is 0.930. The fourth-order valence-electron chi connectivity index (χ4n) is 1.90. The van der Waals surface area contributed by atoms with Gasteiger partial charge in [0.15, 0.2) is 0 Å². The quantitative estimate of drug-likeness (QED) is 0.719. The Balaban J connectivity index is 2.21. The molecule has 1 saturated heterocycles. The molecule has 1 aromatic rings. The Hall–Kier alpha value is -1.19. The molecule has 0 N–H and O–H groups in total. The van der Waals surface area contributed by atoms with E-state index in [0.29, 0.717) is 0 Å². The highest BCUT2D eigenvalue weighted by Crippen LogP contribution is 2.23. The van der Waals surface area contributed by atoms with Crippen LogP contribution in [0.2, 0.25) is 0 Å². The minimum atomic E-state index is -0.289. The number of aromatic nitrogens is 2. The van der Waals surface area contributed by atoms with E-state index in [1.165, 1.54) is 6.33 Å². The number of anilines is 1. The first-order chi connectivity index (χ1) is 6.81. The van der Waals surface area contributed by atoms with Crippen LogP contribution in [0.15, 0.2) is 12.4 Å². The Morgan fingerprint density at radius 3 is 3.14 bits per heavy atom. The zero-order valence-corrected chi connectivity index (χ0v) is 8.28. The normalized spacial score (nSPS) is 21.6. The molecule has 0 radical (unpaired) electrons. The topological polar surface area (TPSA) is 29.0 Å². The highest BCUT2D eigenvalue weighted by atomic mass is 19.1. The van der Waals surface area contributed by atoms with Gasteiger partial charge >= 0.3 is 0 Å². The molecular weight excluding hydrogens is 181 g/mol. The van der Waals surface area contributed by atoms with Gasteiger partial charge in [0.05, 0.1) is 6.04 Å². The van der Waals surface area contributed by atoms with Crippen LogP contribution in [0.4, 0.5) is 10.2 Å². The Bertz CT molecular complexity index is 316. The molecule has 76 valence electrons. The fourth-order valence-corrected chi connectivity index (χ4v) is 1.90. The molecule has 14 heavy (non-hydrogen) atoms. The van der Waals surface area contributed by atoms with Gasteiger partial charge in [-0.1, -0.05) is 0 Å². The van der Waals surface area contributed by atoms with Gasteiger partial charge in [0.1, 0.15) is 18.8 Å². The molecule has 1 aliphatic heterocycles. The second kappa shape index (κ2) is 3.90. The lowest BCUT2D eigenvalue weighted by atomic mass is 10.2. The lowest BCUT2D eigenvalue weighted by molar-refractivity contribution is 0.427. The highest BCUT2D eigenvalue weighted by Gasteiger charge is 2.25. The van der Waals surface area contributed by atoms with E-state index in [9.17, 15) is 4.39 Å². The maximum Gasteiger partial charge on any atom is 0.132 e. The third kappa shape index (κ3) is 1.69. The van der Waals surface area contributed by atoms with Crippen LogP contribution in [0, 0.1) is 6.92 Å². The van der Waals surface area contributed by atoms with Crippen LogP contribution < -0.4 is 4.90 Å². The third-order valence-electron chi connectivity index (χ3n) is 2.64. The molecule has 0 saturated carbocycles. The predicted molar refractivity (Wildman–Crippen MR) is 53.1 cm³/mol. The average Bonchev–Trinajstić information content (AvgIpc) is 2.65. The van der Waals surface area contributed by atoms with Crippen molar-refractivity contribution < 1.29 is 4.39 Å². The van der Waals surface area contributed by atoms with Crippen molar-refractivity contribution in [3.05, 3.63) is 18.1 Å². The van der Waals surface area contributed by atoms with Crippen LogP contribution in [0.3, 0.4) is 0 Å². The molecule has 1 aromatic heterocycles. The van der Waals surface area contributed by atoms with Gasteiger partial charge in [-0.2, -0.15) is 0 Å². The third-order valence-corrected chi connectivity index (χ3v) is 2.64. The minimum absolute atomic E-state index is 0.0179. The zero-order chi connectivity index (χ0) is 9.97. The van der Waals surface area contributed by atoms with Gasteiger partial charge in [0.2, 0.25) is 0 Å². The van der Waals surface area contributed by atoms with Gasteiger partial charge in [-0.05, 0) is 19.8 Å². The number of alkyl halides is 1. The first kappa shape index (κ1) is 9.37. The van der Waals surface area contributed by atoms with Gasteiger partial charge in [-0.3, -0.25) is 0 Å². The molecule has 0 unspecified atom stereocenters. The first-order valence-corrected chi connectivity index (χ1v) is 4.92. The largest absolute Gasteiger partial charge is 0.351 e. The maximum atomic E-state index is 12.6. The number of rotatable bonds is 2. The molecule has 3 nitrogen and oxygen atoms in total. The van der Waals surface area contributed by atoms with Crippen LogP contribution in [0.5, 0.6) is 0 Å². The lowest BCUT2D eigenvalue weighted by Gasteiger charge is -2.23. The van der Waals surface area contributed by atoms with Gasteiger partial charge in [-0.15, -0.1) is 0 Å². The molecule has 1 aliphatic rings. The number of nitrogens with zero attached hydrogens (tertiary/aromatic N) is 3. The Morgan fingerprint density at radius 1 is 1.57 bits per heavy atom. The smallest absolute Gasteiger partial charge is 0.132 e. The monoisotopic (exact) mass is 195 g/mol. The van der Waals surface area contributed by atoms with Crippen molar-refractivity contribution in [3.63, 3.8) is 0 Å². The molecule has 0 spiro atoms. The molecule has 0 bridgehead atoms. The predicted octanol–water partition coefficient (Wildman–Crippen LogP) is 1.72. The van der Waals surface area contributed by atoms with E-state index in [4.69, 9.17) is 0 Å². The average molecular weight is 195 g/mol. The summed E-state index contributed by atoms with van der Waals surface area (Å²) in [6.45, 7) is 2.54. The summed E-state index contributed by atoms with van der Waals surface area (Å²) in [6.07, 6.45) is 3.52. The van der Waals surface area contributed by atoms with Crippen LogP contribution in [-0.2, 0) is 0 Å². The standard InChI is InChI=1S/C10H14FN3/c1-8-5-10(13-7-12-8)14-4-2-3-9(14)6-11/h5,7,9H,2-4,6H2,1H3/t9-/m1/s1. The van der Waals surface area contributed by atoms with E-state index in [-0.39, 0.29) is 12.7 Å². The summed E-state index contributed by atoms with van der Waals surface area (Å²) >= 11 is 0. The fraction of sp³-hybridized carbons (Fsp3) is 0.600. The molecule has 1 atom stereocenters. The van der Waals surface area contributed by atoms with Crippen molar-refractivity contribution in [1.82, 2.24) is 9.97 Å². The van der Waals surface area contributed by atoms with Crippen molar-refractivity contribution in [2.75, 3.05) is 18.1 Å². The summed E-state index contributed by atoms with van der Waals surface area (Å²) in [7, 11) is 0. The second-order valence-corrected chi connectivity index (χ2v) is 3.66. The van der Waals surface area contributed by atoms with E-state index < -0.39 is 0 Å². The van der Waals surface area contributed by atoms with Crippen LogP contribution in [0.25, 0.3) is 0 Å². The molecule has 0 aliphatic carbocycles. The summed E-state index contributed by atoms with van der Waals surface area (Å²) < 4.78 is 12.6. The van der Waals surface area contributed by atoms with Crippen molar-refractivity contribution >= 4 is 5.82 Å². The number of halogens is 1. The Morgan fingerprint density at radius 2 is 2.43 bits per heavy atom. The molecule has 1 fully saturated rings. The van der Waals surface area contributed by atoms with E-state index in [0.717, 1.165) is 30.9 Å². The minimum Gasteiger partial charge on any atom is -0.351 e. The van der Waals surface area contributed by atoms with Crippen LogP contribution in [-0.4, -0.2) is 29.2 Å². The summed E-state index contributed by atoms with van der Waals surface area (Å²) in [5, 5.41) is 0. The highest BCUT2D eigenvalue weighted by molar-refractivity contribution is 5.41. The van der Waals surface area contributed by atoms with Crippen molar-refractivity contribution in [1.29, 1.82) is 0 Å². The number of aryl methyl sites for hydroxylation is 1. The molecule has 4 heteroatoms. The lowest BCUT2D eigenvalue weighted by Crippen LogP contribution is -2.31. The Labute approximate surface area is 83.0 Å². The number of hydrogen-bond donors (Lipinski definition) is 0. The molecule has 0 aromatic carbocycles. The number of hydrogen-bond acceptors (Lipinski definition) is 3. The first-order valence-electron chi connectivity index (χ1n) is 4.92. The van der Waals surface area contributed by atoms with Gasteiger partial charge < -0.3 is 4.90 Å². The summed E-state index contributed by atoms with van der Waals surface area (Å²) in [6, 6.07) is 1.93. The zero-order valence-electron chi connectivity index (χ0n) is 8.28. The van der Waals surface area contributed by atoms with Gasteiger partial charge in [-0.25, -0.2) is 14.4 Å². The summed E-state index contributed by atoms with van der Waals surface area (Å²) in [5.74, 6) is 0.859. The van der Waals surface area contributed by atoms with Gasteiger partial charge in [0, 0.05) is 18.3 Å². The molecule has 0 amide bonds. The van der Waals surface area contributed by atoms with Crippen molar-refractivity contribution in [2.45, 2.75) is 25.8 Å².